The van der Waals surface area contributed by atoms with Crippen molar-refractivity contribution in [2.75, 3.05) is 19.0 Å². The molecule has 25 heavy (non-hydrogen) atoms. The molecule has 0 spiro atoms. The van der Waals surface area contributed by atoms with Gasteiger partial charge in [-0.05, 0) is 30.7 Å². The molecule has 0 fully saturated rings. The molecule has 0 heterocycles. The third-order valence-electron chi connectivity index (χ3n) is 3.18. The number of nitrogens with one attached hydrogen (secondary N) is 1. The minimum absolute atomic E-state index is 0.367. The van der Waals surface area contributed by atoms with Crippen LogP contribution in [-0.2, 0) is 4.79 Å². The number of hydrogen-bond donors (Lipinski definition) is 1. The molecule has 0 aliphatic rings. The summed E-state index contributed by atoms with van der Waals surface area (Å²) in [5.74, 6) is -3.28. The molecule has 2 rings (SSSR count). The second-order valence-electron chi connectivity index (χ2n) is 4.91. The largest absolute Gasteiger partial charge is 0.493 e. The third-order valence-corrected chi connectivity index (χ3v) is 3.18. The molecule has 2 aromatic carbocycles. The lowest BCUT2D eigenvalue weighted by Crippen LogP contribution is -2.10. The average molecular weight is 351 g/mol. The zero-order chi connectivity index (χ0) is 18.4. The quantitative estimate of drug-likeness (QED) is 0.628. The summed E-state index contributed by atoms with van der Waals surface area (Å²) in [6.45, 7) is 2.32. The van der Waals surface area contributed by atoms with Crippen LogP contribution in [-0.4, -0.2) is 19.6 Å². The van der Waals surface area contributed by atoms with E-state index in [9.17, 15) is 18.0 Å². The highest BCUT2D eigenvalue weighted by Crippen LogP contribution is 2.28. The molecule has 0 unspecified atom stereocenters. The summed E-state index contributed by atoms with van der Waals surface area (Å²) in [5.41, 5.74) is 0.194. The van der Waals surface area contributed by atoms with E-state index in [1.54, 1.807) is 18.2 Å². The third kappa shape index (κ3) is 4.76. The summed E-state index contributed by atoms with van der Waals surface area (Å²) in [5, 5.41) is 2.15. The fourth-order valence-corrected chi connectivity index (χ4v) is 2.03. The van der Waals surface area contributed by atoms with Crippen molar-refractivity contribution < 1.29 is 27.4 Å². The Labute approximate surface area is 142 Å². The van der Waals surface area contributed by atoms with Gasteiger partial charge in [0.05, 0.1) is 19.4 Å². The number of rotatable bonds is 6. The van der Waals surface area contributed by atoms with Crippen molar-refractivity contribution in [1.29, 1.82) is 0 Å². The summed E-state index contributed by atoms with van der Waals surface area (Å²) >= 11 is 0. The zero-order valence-corrected chi connectivity index (χ0v) is 13.6. The topological polar surface area (TPSA) is 47.6 Å². The van der Waals surface area contributed by atoms with E-state index in [2.05, 4.69) is 5.32 Å². The van der Waals surface area contributed by atoms with Gasteiger partial charge in [0.25, 0.3) is 0 Å². The number of anilines is 1. The Hall–Kier alpha value is -2.96. The highest BCUT2D eigenvalue weighted by molar-refractivity contribution is 6.02. The maximum atomic E-state index is 13.5. The number of hydrogen-bond acceptors (Lipinski definition) is 3. The van der Waals surface area contributed by atoms with Gasteiger partial charge in [0.1, 0.15) is 5.82 Å². The van der Waals surface area contributed by atoms with Gasteiger partial charge in [0.2, 0.25) is 5.91 Å². The van der Waals surface area contributed by atoms with E-state index in [-0.39, 0.29) is 0 Å². The molecule has 0 saturated carbocycles. The van der Waals surface area contributed by atoms with Crippen LogP contribution in [0.3, 0.4) is 0 Å². The lowest BCUT2D eigenvalue weighted by molar-refractivity contribution is -0.111. The highest BCUT2D eigenvalue weighted by Gasteiger charge is 2.11. The minimum atomic E-state index is -1.33. The molecule has 2 aromatic rings. The second-order valence-corrected chi connectivity index (χ2v) is 4.91. The van der Waals surface area contributed by atoms with E-state index >= 15 is 0 Å². The molecular weight excluding hydrogens is 335 g/mol. The summed E-state index contributed by atoms with van der Waals surface area (Å²) in [6.07, 6.45) is 2.60. The van der Waals surface area contributed by atoms with Gasteiger partial charge in [-0.25, -0.2) is 13.2 Å². The first-order valence-corrected chi connectivity index (χ1v) is 7.39. The van der Waals surface area contributed by atoms with Crippen LogP contribution in [0.15, 0.2) is 36.4 Å². The van der Waals surface area contributed by atoms with Crippen LogP contribution < -0.4 is 14.8 Å². The number of carbonyl (C=O) groups is 1. The first kappa shape index (κ1) is 18.4. The standard InChI is InChI=1S/C18H16F3NO3/c1-3-25-16-6-4-11(8-17(16)24-2)5-7-18(23)22-15-10-13(20)12(19)9-14(15)21/h4-10H,3H2,1-2H3,(H,22,23). The highest BCUT2D eigenvalue weighted by atomic mass is 19.2. The fraction of sp³-hybridized carbons (Fsp3) is 0.167. The van der Waals surface area contributed by atoms with Gasteiger partial charge in [0.15, 0.2) is 23.1 Å². The Morgan fingerprint density at radius 1 is 1.08 bits per heavy atom. The molecule has 1 amide bonds. The fourth-order valence-electron chi connectivity index (χ4n) is 2.03. The Balaban J connectivity index is 2.11. The monoisotopic (exact) mass is 351 g/mol. The summed E-state index contributed by atoms with van der Waals surface area (Å²) in [4.78, 5) is 11.8. The van der Waals surface area contributed by atoms with Crippen LogP contribution in [0.25, 0.3) is 6.08 Å². The zero-order valence-electron chi connectivity index (χ0n) is 13.6. The van der Waals surface area contributed by atoms with E-state index in [1.165, 1.54) is 13.2 Å². The molecule has 0 aromatic heterocycles. The molecular formula is C18H16F3NO3. The Morgan fingerprint density at radius 3 is 2.48 bits per heavy atom. The van der Waals surface area contributed by atoms with Crippen molar-refractivity contribution in [3.8, 4) is 11.5 Å². The number of ether oxygens (including phenoxy) is 2. The van der Waals surface area contributed by atoms with Crippen molar-refractivity contribution in [2.24, 2.45) is 0 Å². The summed E-state index contributed by atoms with van der Waals surface area (Å²) in [6, 6.07) is 6.00. The van der Waals surface area contributed by atoms with E-state index in [0.29, 0.717) is 35.8 Å². The number of methoxy groups -OCH3 is 1. The van der Waals surface area contributed by atoms with Crippen LogP contribution in [0, 0.1) is 17.5 Å². The van der Waals surface area contributed by atoms with E-state index in [1.807, 2.05) is 6.92 Å². The first-order chi connectivity index (χ1) is 11.9. The predicted octanol–water partition coefficient (Wildman–Crippen LogP) is 4.16. The maximum absolute atomic E-state index is 13.5. The molecule has 0 bridgehead atoms. The Morgan fingerprint density at radius 2 is 1.80 bits per heavy atom. The predicted molar refractivity (Wildman–Crippen MR) is 88.1 cm³/mol. The maximum Gasteiger partial charge on any atom is 0.248 e. The summed E-state index contributed by atoms with van der Waals surface area (Å²) < 4.78 is 50.0. The van der Waals surface area contributed by atoms with Crippen LogP contribution in [0.1, 0.15) is 12.5 Å². The number of carbonyl (C=O) groups excluding carboxylic acids is 1. The normalized spacial score (nSPS) is 10.8. The first-order valence-electron chi connectivity index (χ1n) is 7.39. The van der Waals surface area contributed by atoms with Crippen molar-refractivity contribution in [3.63, 3.8) is 0 Å². The van der Waals surface area contributed by atoms with Gasteiger partial charge in [0, 0.05) is 18.2 Å². The average Bonchev–Trinajstić information content (AvgIpc) is 2.59. The second kappa shape index (κ2) is 8.23. The Bertz CT molecular complexity index is 806. The van der Waals surface area contributed by atoms with E-state index < -0.39 is 29.0 Å². The van der Waals surface area contributed by atoms with Crippen molar-refractivity contribution in [2.45, 2.75) is 6.92 Å². The van der Waals surface area contributed by atoms with Gasteiger partial charge < -0.3 is 14.8 Å². The van der Waals surface area contributed by atoms with Crippen molar-refractivity contribution >= 4 is 17.7 Å². The molecule has 0 atom stereocenters. The van der Waals surface area contributed by atoms with Gasteiger partial charge >= 0.3 is 0 Å². The molecule has 0 aliphatic carbocycles. The van der Waals surface area contributed by atoms with Crippen LogP contribution in [0.2, 0.25) is 0 Å². The van der Waals surface area contributed by atoms with Gasteiger partial charge in [-0.1, -0.05) is 6.07 Å². The van der Waals surface area contributed by atoms with Gasteiger partial charge in [-0.2, -0.15) is 0 Å². The van der Waals surface area contributed by atoms with Crippen molar-refractivity contribution in [3.05, 3.63) is 59.4 Å². The SMILES string of the molecule is CCOc1ccc(C=CC(=O)Nc2cc(F)c(F)cc2F)cc1OC. The minimum Gasteiger partial charge on any atom is -0.493 e. The molecule has 4 nitrogen and oxygen atoms in total. The van der Waals surface area contributed by atoms with E-state index in [4.69, 9.17) is 9.47 Å². The lowest BCUT2D eigenvalue weighted by Gasteiger charge is -2.09. The number of amides is 1. The number of benzene rings is 2. The van der Waals surface area contributed by atoms with E-state index in [0.717, 1.165) is 6.08 Å². The molecule has 0 radical (unpaired) electrons. The van der Waals surface area contributed by atoms with Crippen molar-refractivity contribution in [1.82, 2.24) is 0 Å². The molecule has 0 aliphatic heterocycles. The van der Waals surface area contributed by atoms with Gasteiger partial charge in [-0.3, -0.25) is 4.79 Å². The molecule has 132 valence electrons. The summed E-state index contributed by atoms with van der Waals surface area (Å²) in [7, 11) is 1.49. The van der Waals surface area contributed by atoms with Crippen LogP contribution in [0.5, 0.6) is 11.5 Å². The smallest absolute Gasteiger partial charge is 0.248 e. The molecule has 0 saturated heterocycles. The lowest BCUT2D eigenvalue weighted by atomic mass is 10.2. The molecule has 7 heteroatoms. The molecule has 1 N–H and O–H groups in total. The van der Waals surface area contributed by atoms with Gasteiger partial charge in [-0.15, -0.1) is 0 Å². The van der Waals surface area contributed by atoms with Crippen LogP contribution >= 0.6 is 0 Å². The van der Waals surface area contributed by atoms with Crippen LogP contribution in [0.4, 0.5) is 18.9 Å². The number of halogens is 3. The Kier molecular flexibility index (Phi) is 6.05.